The molecule has 0 heterocycles. The van der Waals surface area contributed by atoms with Crippen molar-refractivity contribution in [2.75, 3.05) is 6.54 Å². The summed E-state index contributed by atoms with van der Waals surface area (Å²) in [5.41, 5.74) is 1.02. The van der Waals surface area contributed by atoms with Crippen LogP contribution in [0.15, 0.2) is 24.3 Å². The molecule has 1 aromatic rings. The van der Waals surface area contributed by atoms with Gasteiger partial charge in [-0.15, -0.1) is 0 Å². The van der Waals surface area contributed by atoms with Crippen LogP contribution in [0.2, 0.25) is 0 Å². The number of benzene rings is 1. The molecule has 0 bridgehead atoms. The van der Waals surface area contributed by atoms with Gasteiger partial charge in [-0.25, -0.2) is 4.39 Å². The van der Waals surface area contributed by atoms with Crippen LogP contribution in [0, 0.1) is 5.82 Å². The summed E-state index contributed by atoms with van der Waals surface area (Å²) in [7, 11) is 0. The normalized spacial score (nSPS) is 11.9. The minimum absolute atomic E-state index is 0.0808. The van der Waals surface area contributed by atoms with Gasteiger partial charge >= 0.3 is 0 Å². The van der Waals surface area contributed by atoms with Crippen molar-refractivity contribution >= 4 is 17.3 Å². The van der Waals surface area contributed by atoms with Gasteiger partial charge in [0.15, 0.2) is 5.11 Å². The predicted octanol–water partition coefficient (Wildman–Crippen LogP) is 3.15. The smallest absolute Gasteiger partial charge is 0.166 e. The first-order valence-electron chi connectivity index (χ1n) is 5.93. The van der Waals surface area contributed by atoms with Crippen LogP contribution in [0.4, 0.5) is 4.39 Å². The van der Waals surface area contributed by atoms with Crippen molar-refractivity contribution in [3.63, 3.8) is 0 Å². The molecule has 0 aliphatic rings. The number of hydrogen-bond donors (Lipinski definition) is 2. The molecule has 0 fully saturated rings. The molecule has 17 heavy (non-hydrogen) atoms. The summed E-state index contributed by atoms with van der Waals surface area (Å²) in [6.07, 6.45) is 2.25. The number of thiocarbonyl (C=S) groups is 1. The van der Waals surface area contributed by atoms with Gasteiger partial charge in [-0.2, -0.15) is 0 Å². The summed E-state index contributed by atoms with van der Waals surface area (Å²) in [4.78, 5) is 0. The zero-order valence-electron chi connectivity index (χ0n) is 10.3. The fourth-order valence-electron chi connectivity index (χ4n) is 1.46. The summed E-state index contributed by atoms with van der Waals surface area (Å²) in [5.74, 6) is -0.218. The Balaban J connectivity index is 2.40. The number of rotatable bonds is 5. The van der Waals surface area contributed by atoms with E-state index in [2.05, 4.69) is 17.6 Å². The molecule has 2 N–H and O–H groups in total. The second-order valence-electron chi connectivity index (χ2n) is 4.03. The number of unbranched alkanes of at least 4 members (excludes halogenated alkanes) is 1. The molecule has 0 radical (unpaired) electrons. The molecule has 1 unspecified atom stereocenters. The van der Waals surface area contributed by atoms with Crippen molar-refractivity contribution in [2.24, 2.45) is 0 Å². The lowest BCUT2D eigenvalue weighted by Crippen LogP contribution is -2.37. The highest BCUT2D eigenvalue weighted by molar-refractivity contribution is 7.80. The molecular formula is C13H19FN2S. The Morgan fingerprint density at radius 3 is 2.59 bits per heavy atom. The molecule has 0 spiro atoms. The van der Waals surface area contributed by atoms with Crippen LogP contribution in [0.25, 0.3) is 0 Å². The van der Waals surface area contributed by atoms with Crippen LogP contribution < -0.4 is 10.6 Å². The summed E-state index contributed by atoms with van der Waals surface area (Å²) in [6, 6.07) is 6.53. The van der Waals surface area contributed by atoms with E-state index in [9.17, 15) is 4.39 Å². The van der Waals surface area contributed by atoms with E-state index in [-0.39, 0.29) is 11.9 Å². The first-order valence-corrected chi connectivity index (χ1v) is 6.34. The molecule has 0 amide bonds. The Morgan fingerprint density at radius 1 is 1.35 bits per heavy atom. The van der Waals surface area contributed by atoms with Crippen molar-refractivity contribution in [1.82, 2.24) is 10.6 Å². The lowest BCUT2D eigenvalue weighted by atomic mass is 10.1. The molecule has 0 aromatic heterocycles. The zero-order valence-corrected chi connectivity index (χ0v) is 11.1. The first kappa shape index (κ1) is 13.9. The average molecular weight is 254 g/mol. The van der Waals surface area contributed by atoms with E-state index >= 15 is 0 Å². The zero-order chi connectivity index (χ0) is 12.7. The van der Waals surface area contributed by atoms with Crippen LogP contribution in [-0.4, -0.2) is 11.7 Å². The molecule has 94 valence electrons. The third-order valence-corrected chi connectivity index (χ3v) is 2.80. The van der Waals surface area contributed by atoms with E-state index in [0.29, 0.717) is 5.11 Å². The molecule has 1 atom stereocenters. The maximum absolute atomic E-state index is 12.8. The van der Waals surface area contributed by atoms with Gasteiger partial charge in [0.1, 0.15) is 5.82 Å². The molecule has 0 aliphatic carbocycles. The maximum Gasteiger partial charge on any atom is 0.166 e. The van der Waals surface area contributed by atoms with E-state index in [1.54, 1.807) is 12.1 Å². The summed E-state index contributed by atoms with van der Waals surface area (Å²) in [5, 5.41) is 6.96. The van der Waals surface area contributed by atoms with Crippen molar-refractivity contribution in [1.29, 1.82) is 0 Å². The maximum atomic E-state index is 12.8. The minimum Gasteiger partial charge on any atom is -0.363 e. The van der Waals surface area contributed by atoms with E-state index in [1.807, 2.05) is 6.92 Å². The fraction of sp³-hybridized carbons (Fsp3) is 0.462. The highest BCUT2D eigenvalue weighted by Gasteiger charge is 2.06. The molecule has 4 heteroatoms. The Morgan fingerprint density at radius 2 is 2.00 bits per heavy atom. The second kappa shape index (κ2) is 7.22. The van der Waals surface area contributed by atoms with Crippen molar-refractivity contribution in [3.8, 4) is 0 Å². The van der Waals surface area contributed by atoms with Gasteiger partial charge < -0.3 is 10.6 Å². The van der Waals surface area contributed by atoms with E-state index < -0.39 is 0 Å². The molecule has 0 saturated heterocycles. The van der Waals surface area contributed by atoms with Crippen LogP contribution in [0.3, 0.4) is 0 Å². The largest absolute Gasteiger partial charge is 0.363 e. The van der Waals surface area contributed by atoms with Gasteiger partial charge in [0, 0.05) is 6.54 Å². The Bertz CT molecular complexity index is 351. The lowest BCUT2D eigenvalue weighted by molar-refractivity contribution is 0.623. The van der Waals surface area contributed by atoms with Gasteiger partial charge in [-0.1, -0.05) is 25.5 Å². The minimum atomic E-state index is -0.218. The van der Waals surface area contributed by atoms with Crippen LogP contribution in [0.1, 0.15) is 38.3 Å². The van der Waals surface area contributed by atoms with E-state index in [4.69, 9.17) is 12.2 Å². The molecule has 1 rings (SSSR count). The Labute approximate surface area is 108 Å². The SMILES string of the molecule is CCCCNC(=S)NC(C)c1ccc(F)cc1. The van der Waals surface area contributed by atoms with Crippen molar-refractivity contribution < 1.29 is 4.39 Å². The second-order valence-corrected chi connectivity index (χ2v) is 4.44. The molecule has 0 aliphatic heterocycles. The summed E-state index contributed by atoms with van der Waals surface area (Å²) < 4.78 is 12.8. The third kappa shape index (κ3) is 5.13. The van der Waals surface area contributed by atoms with Crippen LogP contribution in [-0.2, 0) is 0 Å². The number of hydrogen-bond acceptors (Lipinski definition) is 1. The number of halogens is 1. The quantitative estimate of drug-likeness (QED) is 0.623. The lowest BCUT2D eigenvalue weighted by Gasteiger charge is -2.17. The van der Waals surface area contributed by atoms with Crippen LogP contribution in [0.5, 0.6) is 0 Å². The standard InChI is InChI=1S/C13H19FN2S/c1-3-4-9-15-13(17)16-10(2)11-5-7-12(14)8-6-11/h5-8,10H,3-4,9H2,1-2H3,(H2,15,16,17). The van der Waals surface area contributed by atoms with Gasteiger partial charge in [0.05, 0.1) is 6.04 Å². The van der Waals surface area contributed by atoms with Gasteiger partial charge in [-0.3, -0.25) is 0 Å². The molecule has 0 saturated carbocycles. The number of nitrogens with one attached hydrogen (secondary N) is 2. The monoisotopic (exact) mass is 254 g/mol. The molecular weight excluding hydrogens is 235 g/mol. The topological polar surface area (TPSA) is 24.1 Å². The summed E-state index contributed by atoms with van der Waals surface area (Å²) >= 11 is 5.17. The van der Waals surface area contributed by atoms with Crippen molar-refractivity contribution in [3.05, 3.63) is 35.6 Å². The first-order chi connectivity index (χ1) is 8.13. The fourth-order valence-corrected chi connectivity index (χ4v) is 1.74. The van der Waals surface area contributed by atoms with E-state index in [1.165, 1.54) is 12.1 Å². The Hall–Kier alpha value is -1.16. The third-order valence-electron chi connectivity index (χ3n) is 2.53. The van der Waals surface area contributed by atoms with Crippen molar-refractivity contribution in [2.45, 2.75) is 32.7 Å². The van der Waals surface area contributed by atoms with E-state index in [0.717, 1.165) is 24.9 Å². The predicted molar refractivity (Wildman–Crippen MR) is 73.5 cm³/mol. The highest BCUT2D eigenvalue weighted by Crippen LogP contribution is 2.12. The highest BCUT2D eigenvalue weighted by atomic mass is 32.1. The van der Waals surface area contributed by atoms with Crippen LogP contribution >= 0.6 is 12.2 Å². The molecule has 1 aromatic carbocycles. The molecule has 2 nitrogen and oxygen atoms in total. The van der Waals surface area contributed by atoms with Gasteiger partial charge in [0.2, 0.25) is 0 Å². The van der Waals surface area contributed by atoms with Gasteiger partial charge in [-0.05, 0) is 43.3 Å². The average Bonchev–Trinajstić information content (AvgIpc) is 2.30. The van der Waals surface area contributed by atoms with Gasteiger partial charge in [0.25, 0.3) is 0 Å². The summed E-state index contributed by atoms with van der Waals surface area (Å²) in [6.45, 7) is 5.03. The Kier molecular flexibility index (Phi) is 5.91.